The fourth-order valence-electron chi connectivity index (χ4n) is 1.90. The minimum absolute atomic E-state index is 0.261. The van der Waals surface area contributed by atoms with Gasteiger partial charge in [0.15, 0.2) is 11.5 Å². The Morgan fingerprint density at radius 1 is 1.35 bits per heavy atom. The topological polar surface area (TPSA) is 96.7 Å². The van der Waals surface area contributed by atoms with Gasteiger partial charge in [0.2, 0.25) is 5.16 Å². The summed E-state index contributed by atoms with van der Waals surface area (Å²) in [6.45, 7) is 2.33. The molecule has 2 N–H and O–H groups in total. The second-order valence-electron chi connectivity index (χ2n) is 4.75. The number of H-pyrrole nitrogens is 1. The molecule has 0 aliphatic rings. The molecule has 3 aromatic rings. The molecular formula is C15H15N5O2S. The molecule has 0 aliphatic carbocycles. The summed E-state index contributed by atoms with van der Waals surface area (Å²) in [5.74, 6) is 1.75. The van der Waals surface area contributed by atoms with Crippen molar-refractivity contribution in [2.45, 2.75) is 12.1 Å². The Bertz CT molecular complexity index is 784. The van der Waals surface area contributed by atoms with Crippen molar-refractivity contribution in [3.63, 3.8) is 0 Å². The van der Waals surface area contributed by atoms with Crippen LogP contribution >= 0.6 is 11.8 Å². The van der Waals surface area contributed by atoms with Crippen LogP contribution in [0.2, 0.25) is 0 Å². The molecule has 0 unspecified atom stereocenters. The number of carbonyl (C=O) groups is 1. The number of benzene rings is 1. The number of hydrogen-bond donors (Lipinski definition) is 2. The molecule has 0 bridgehead atoms. The van der Waals surface area contributed by atoms with E-state index < -0.39 is 0 Å². The van der Waals surface area contributed by atoms with Gasteiger partial charge in [-0.05, 0) is 6.92 Å². The quantitative estimate of drug-likeness (QED) is 0.532. The third kappa shape index (κ3) is 3.98. The summed E-state index contributed by atoms with van der Waals surface area (Å²) in [5, 5.41) is 14.1. The van der Waals surface area contributed by atoms with E-state index in [0.29, 0.717) is 23.2 Å². The van der Waals surface area contributed by atoms with Gasteiger partial charge in [-0.3, -0.25) is 9.89 Å². The van der Waals surface area contributed by atoms with Gasteiger partial charge < -0.3 is 9.84 Å². The number of rotatable bonds is 6. The summed E-state index contributed by atoms with van der Waals surface area (Å²) >= 11 is 1.47. The Hall–Kier alpha value is -2.61. The monoisotopic (exact) mass is 329 g/mol. The molecule has 2 aromatic heterocycles. The maximum Gasteiger partial charge on any atom is 0.273 e. The van der Waals surface area contributed by atoms with Gasteiger partial charge in [-0.25, -0.2) is 4.98 Å². The molecule has 2 heterocycles. The first-order valence-electron chi connectivity index (χ1n) is 7.04. The van der Waals surface area contributed by atoms with Crippen LogP contribution in [-0.4, -0.2) is 38.5 Å². The number of aromatic amines is 1. The molecule has 0 atom stereocenters. The van der Waals surface area contributed by atoms with Crippen LogP contribution in [0.5, 0.6) is 0 Å². The molecule has 0 aliphatic heterocycles. The molecule has 8 heteroatoms. The number of hydrogen-bond acceptors (Lipinski definition) is 6. The Balaban J connectivity index is 1.50. The van der Waals surface area contributed by atoms with Crippen molar-refractivity contribution in [3.05, 3.63) is 47.9 Å². The second kappa shape index (κ2) is 7.10. The molecule has 118 valence electrons. The lowest BCUT2D eigenvalue weighted by molar-refractivity contribution is 0.0947. The molecule has 0 saturated heterocycles. The Kier molecular flexibility index (Phi) is 4.72. The zero-order chi connectivity index (χ0) is 16.1. The largest absolute Gasteiger partial charge is 0.355 e. The predicted molar refractivity (Wildman–Crippen MR) is 86.1 cm³/mol. The highest BCUT2D eigenvalue weighted by molar-refractivity contribution is 7.99. The van der Waals surface area contributed by atoms with Crippen LogP contribution in [0.25, 0.3) is 11.3 Å². The van der Waals surface area contributed by atoms with Gasteiger partial charge in [0.25, 0.3) is 5.91 Å². The molecule has 7 nitrogen and oxygen atoms in total. The van der Waals surface area contributed by atoms with Crippen molar-refractivity contribution >= 4 is 17.7 Å². The number of thioether (sulfide) groups is 1. The van der Waals surface area contributed by atoms with E-state index in [1.807, 2.05) is 37.3 Å². The first kappa shape index (κ1) is 15.3. The van der Waals surface area contributed by atoms with E-state index in [1.165, 1.54) is 11.8 Å². The van der Waals surface area contributed by atoms with Crippen LogP contribution < -0.4 is 5.32 Å². The van der Waals surface area contributed by atoms with Gasteiger partial charge in [0.05, 0.1) is 0 Å². The molecule has 0 spiro atoms. The summed E-state index contributed by atoms with van der Waals surface area (Å²) in [4.78, 5) is 16.2. The molecule has 0 saturated carbocycles. The molecule has 1 aromatic carbocycles. The van der Waals surface area contributed by atoms with Crippen molar-refractivity contribution in [1.82, 2.24) is 25.7 Å². The average molecular weight is 329 g/mol. The summed E-state index contributed by atoms with van der Waals surface area (Å²) < 4.78 is 5.21. The van der Waals surface area contributed by atoms with Crippen LogP contribution in [0.3, 0.4) is 0 Å². The van der Waals surface area contributed by atoms with Crippen molar-refractivity contribution in [2.75, 3.05) is 12.3 Å². The predicted octanol–water partition coefficient (Wildman–Crippen LogP) is 2.29. The maximum absolute atomic E-state index is 12.0. The van der Waals surface area contributed by atoms with Gasteiger partial charge in [-0.2, -0.15) is 0 Å². The average Bonchev–Trinajstić information content (AvgIpc) is 3.21. The number of amides is 1. The van der Waals surface area contributed by atoms with E-state index in [1.54, 1.807) is 6.07 Å². The number of aryl methyl sites for hydroxylation is 1. The van der Waals surface area contributed by atoms with Gasteiger partial charge in [0, 0.05) is 23.9 Å². The number of nitrogens with one attached hydrogen (secondary N) is 2. The van der Waals surface area contributed by atoms with Gasteiger partial charge >= 0.3 is 0 Å². The van der Waals surface area contributed by atoms with E-state index in [2.05, 4.69) is 25.7 Å². The third-order valence-corrected chi connectivity index (χ3v) is 3.85. The number of nitrogens with zero attached hydrogens (tertiary/aromatic N) is 3. The normalized spacial score (nSPS) is 10.7. The number of aromatic nitrogens is 4. The van der Waals surface area contributed by atoms with Crippen molar-refractivity contribution < 1.29 is 9.32 Å². The van der Waals surface area contributed by atoms with Crippen LogP contribution in [0.1, 0.15) is 16.3 Å². The first-order valence-corrected chi connectivity index (χ1v) is 8.03. The minimum atomic E-state index is -0.261. The Morgan fingerprint density at radius 2 is 2.17 bits per heavy atom. The lowest BCUT2D eigenvalue weighted by atomic mass is 10.1. The van der Waals surface area contributed by atoms with Gasteiger partial charge in [-0.1, -0.05) is 47.3 Å². The van der Waals surface area contributed by atoms with Crippen LogP contribution in [0.15, 0.2) is 46.1 Å². The Labute approximate surface area is 136 Å². The molecule has 0 fully saturated rings. The minimum Gasteiger partial charge on any atom is -0.355 e. The van der Waals surface area contributed by atoms with E-state index in [9.17, 15) is 4.79 Å². The lowest BCUT2D eigenvalue weighted by Crippen LogP contribution is -2.25. The van der Waals surface area contributed by atoms with E-state index in [4.69, 9.17) is 4.52 Å². The zero-order valence-electron chi connectivity index (χ0n) is 12.4. The molecule has 3 rings (SSSR count). The summed E-state index contributed by atoms with van der Waals surface area (Å²) in [6.07, 6.45) is 0. The van der Waals surface area contributed by atoms with Crippen LogP contribution in [0.4, 0.5) is 0 Å². The number of carbonyl (C=O) groups excluding carboxylic acids is 1. The van der Waals surface area contributed by atoms with Crippen molar-refractivity contribution in [2.24, 2.45) is 0 Å². The fourth-order valence-corrected chi connectivity index (χ4v) is 2.60. The summed E-state index contributed by atoms with van der Waals surface area (Å²) in [6, 6.07) is 11.2. The highest BCUT2D eigenvalue weighted by Gasteiger charge is 2.13. The summed E-state index contributed by atoms with van der Waals surface area (Å²) in [5.41, 5.74) is 1.15. The summed E-state index contributed by atoms with van der Waals surface area (Å²) in [7, 11) is 0. The van der Waals surface area contributed by atoms with E-state index >= 15 is 0 Å². The van der Waals surface area contributed by atoms with Crippen molar-refractivity contribution in [3.8, 4) is 11.3 Å². The molecule has 23 heavy (non-hydrogen) atoms. The second-order valence-corrected chi connectivity index (χ2v) is 5.81. The van der Waals surface area contributed by atoms with Gasteiger partial charge in [-0.15, -0.1) is 5.10 Å². The standard InChI is InChI=1S/C15H15N5O2S/c1-10-17-15(19-18-10)23-8-7-16-14(21)12-9-13(22-20-12)11-5-3-2-4-6-11/h2-6,9H,7-8H2,1H3,(H,16,21)(H,17,18,19). The van der Waals surface area contributed by atoms with Crippen LogP contribution in [0, 0.1) is 6.92 Å². The Morgan fingerprint density at radius 3 is 2.91 bits per heavy atom. The van der Waals surface area contributed by atoms with Crippen molar-refractivity contribution in [1.29, 1.82) is 0 Å². The lowest BCUT2D eigenvalue weighted by Gasteiger charge is -2.00. The molecule has 1 amide bonds. The fraction of sp³-hybridized carbons (Fsp3) is 0.200. The highest BCUT2D eigenvalue weighted by Crippen LogP contribution is 2.19. The van der Waals surface area contributed by atoms with Gasteiger partial charge in [0.1, 0.15) is 5.82 Å². The smallest absolute Gasteiger partial charge is 0.273 e. The third-order valence-electron chi connectivity index (χ3n) is 3.00. The first-order chi connectivity index (χ1) is 11.2. The molecule has 0 radical (unpaired) electrons. The molecular weight excluding hydrogens is 314 g/mol. The highest BCUT2D eigenvalue weighted by atomic mass is 32.2. The van der Waals surface area contributed by atoms with Crippen LogP contribution in [-0.2, 0) is 0 Å². The van der Waals surface area contributed by atoms with E-state index in [0.717, 1.165) is 11.4 Å². The maximum atomic E-state index is 12.0. The SMILES string of the molecule is Cc1nc(SCCNC(=O)c2cc(-c3ccccc3)on2)n[nH]1. The van der Waals surface area contributed by atoms with E-state index in [-0.39, 0.29) is 11.6 Å². The zero-order valence-corrected chi connectivity index (χ0v) is 13.3.